The molecule has 0 amide bonds. The monoisotopic (exact) mass is 329 g/mol. The van der Waals surface area contributed by atoms with Crippen molar-refractivity contribution < 1.29 is 0 Å². The fraction of sp³-hybridized carbons (Fsp3) is 0.188. The highest BCUT2D eigenvalue weighted by molar-refractivity contribution is 9.10. The van der Waals surface area contributed by atoms with Crippen LogP contribution in [0.3, 0.4) is 0 Å². The molecule has 0 aliphatic rings. The van der Waals surface area contributed by atoms with Crippen LogP contribution in [0.4, 0.5) is 0 Å². The topological polar surface area (TPSA) is 43.8 Å². The Morgan fingerprint density at radius 3 is 2.80 bits per heavy atom. The van der Waals surface area contributed by atoms with E-state index in [1.807, 2.05) is 18.3 Å². The Labute approximate surface area is 126 Å². The standard InChI is InChI=1S/C16H16BrN3/c17-13-4-5-14(19-10-13)11-20-9-7-15-12(6-8-18)2-1-3-16(15)20/h1-5,7,9-10H,6,8,11,18H2. The van der Waals surface area contributed by atoms with Gasteiger partial charge in [-0.05, 0) is 58.7 Å². The Bertz CT molecular complexity index is 716. The maximum Gasteiger partial charge on any atom is 0.0648 e. The minimum atomic E-state index is 0.679. The number of fused-ring (bicyclic) bond motifs is 1. The van der Waals surface area contributed by atoms with Crippen LogP contribution in [0.5, 0.6) is 0 Å². The maximum atomic E-state index is 5.67. The van der Waals surface area contributed by atoms with Crippen molar-refractivity contribution in [2.24, 2.45) is 5.73 Å². The first-order valence-corrected chi connectivity index (χ1v) is 7.44. The Hall–Kier alpha value is -1.65. The molecular weight excluding hydrogens is 314 g/mol. The van der Waals surface area contributed by atoms with E-state index in [9.17, 15) is 0 Å². The fourth-order valence-electron chi connectivity index (χ4n) is 2.47. The van der Waals surface area contributed by atoms with Crippen LogP contribution >= 0.6 is 15.9 Å². The summed E-state index contributed by atoms with van der Waals surface area (Å²) in [5, 5.41) is 1.29. The average molecular weight is 330 g/mol. The van der Waals surface area contributed by atoms with Gasteiger partial charge in [-0.2, -0.15) is 0 Å². The summed E-state index contributed by atoms with van der Waals surface area (Å²) in [5.74, 6) is 0. The predicted octanol–water partition coefficient (Wildman–Crippen LogP) is 3.35. The molecule has 0 aliphatic carbocycles. The number of nitrogens with zero attached hydrogens (tertiary/aromatic N) is 2. The molecule has 0 fully saturated rings. The van der Waals surface area contributed by atoms with Crippen LogP contribution in [-0.4, -0.2) is 16.1 Å². The molecule has 102 valence electrons. The molecular formula is C16H16BrN3. The molecule has 3 nitrogen and oxygen atoms in total. The van der Waals surface area contributed by atoms with Gasteiger partial charge in [-0.1, -0.05) is 12.1 Å². The number of hydrogen-bond donors (Lipinski definition) is 1. The number of benzene rings is 1. The van der Waals surface area contributed by atoms with Crippen LogP contribution < -0.4 is 5.73 Å². The lowest BCUT2D eigenvalue weighted by atomic mass is 10.1. The Balaban J connectivity index is 1.96. The van der Waals surface area contributed by atoms with Crippen LogP contribution in [0.1, 0.15) is 11.3 Å². The van der Waals surface area contributed by atoms with Crippen molar-refractivity contribution in [1.82, 2.24) is 9.55 Å². The number of halogens is 1. The van der Waals surface area contributed by atoms with Crippen molar-refractivity contribution >= 4 is 26.8 Å². The van der Waals surface area contributed by atoms with Crippen LogP contribution in [0.2, 0.25) is 0 Å². The fourth-order valence-corrected chi connectivity index (χ4v) is 2.71. The van der Waals surface area contributed by atoms with E-state index in [-0.39, 0.29) is 0 Å². The average Bonchev–Trinajstić information content (AvgIpc) is 2.86. The lowest BCUT2D eigenvalue weighted by Crippen LogP contribution is -2.03. The summed E-state index contributed by atoms with van der Waals surface area (Å²) in [7, 11) is 0. The summed E-state index contributed by atoms with van der Waals surface area (Å²) in [6, 6.07) is 12.6. The first-order valence-electron chi connectivity index (χ1n) is 6.65. The number of rotatable bonds is 4. The van der Waals surface area contributed by atoms with E-state index in [1.165, 1.54) is 16.5 Å². The molecule has 0 saturated carbocycles. The number of aromatic nitrogens is 2. The van der Waals surface area contributed by atoms with E-state index in [0.717, 1.165) is 23.1 Å². The highest BCUT2D eigenvalue weighted by atomic mass is 79.9. The summed E-state index contributed by atoms with van der Waals surface area (Å²) < 4.78 is 3.23. The quantitative estimate of drug-likeness (QED) is 0.797. The summed E-state index contributed by atoms with van der Waals surface area (Å²) in [6.45, 7) is 1.46. The summed E-state index contributed by atoms with van der Waals surface area (Å²) in [6.07, 6.45) is 4.87. The van der Waals surface area contributed by atoms with Gasteiger partial charge in [0.2, 0.25) is 0 Å². The third kappa shape index (κ3) is 2.62. The second-order valence-corrected chi connectivity index (χ2v) is 5.72. The minimum absolute atomic E-state index is 0.679. The Morgan fingerprint density at radius 1 is 1.15 bits per heavy atom. The van der Waals surface area contributed by atoms with Crippen molar-refractivity contribution in [2.45, 2.75) is 13.0 Å². The molecule has 1 aromatic carbocycles. The SMILES string of the molecule is NCCc1cccc2c1ccn2Cc1ccc(Br)cn1. The van der Waals surface area contributed by atoms with Gasteiger partial charge in [-0.15, -0.1) is 0 Å². The molecule has 3 rings (SSSR count). The highest BCUT2D eigenvalue weighted by Gasteiger charge is 2.06. The molecule has 2 N–H and O–H groups in total. The molecule has 3 aromatic rings. The minimum Gasteiger partial charge on any atom is -0.341 e. The van der Waals surface area contributed by atoms with E-state index in [1.54, 1.807) is 0 Å². The van der Waals surface area contributed by atoms with Gasteiger partial charge in [0, 0.05) is 27.8 Å². The van der Waals surface area contributed by atoms with Gasteiger partial charge in [-0.25, -0.2) is 0 Å². The highest BCUT2D eigenvalue weighted by Crippen LogP contribution is 2.21. The first kappa shape index (κ1) is 13.3. The zero-order valence-electron chi connectivity index (χ0n) is 11.1. The van der Waals surface area contributed by atoms with Crippen molar-refractivity contribution in [3.05, 3.63) is 64.5 Å². The first-order chi connectivity index (χ1) is 9.78. The summed E-state index contributed by atoms with van der Waals surface area (Å²) in [5.41, 5.74) is 9.27. The van der Waals surface area contributed by atoms with Gasteiger partial charge >= 0.3 is 0 Å². The molecule has 0 saturated heterocycles. The van der Waals surface area contributed by atoms with Gasteiger partial charge in [0.15, 0.2) is 0 Å². The predicted molar refractivity (Wildman–Crippen MR) is 85.7 cm³/mol. The molecule has 0 spiro atoms. The molecule has 20 heavy (non-hydrogen) atoms. The number of hydrogen-bond acceptors (Lipinski definition) is 2. The van der Waals surface area contributed by atoms with Crippen molar-refractivity contribution in [3.8, 4) is 0 Å². The summed E-state index contributed by atoms with van der Waals surface area (Å²) >= 11 is 3.41. The lowest BCUT2D eigenvalue weighted by Gasteiger charge is -2.07. The largest absolute Gasteiger partial charge is 0.341 e. The summed E-state index contributed by atoms with van der Waals surface area (Å²) in [4.78, 5) is 4.43. The van der Waals surface area contributed by atoms with Crippen molar-refractivity contribution in [3.63, 3.8) is 0 Å². The van der Waals surface area contributed by atoms with E-state index in [4.69, 9.17) is 5.73 Å². The van der Waals surface area contributed by atoms with Gasteiger partial charge in [-0.3, -0.25) is 4.98 Å². The van der Waals surface area contributed by atoms with Crippen molar-refractivity contribution in [1.29, 1.82) is 0 Å². The molecule has 0 bridgehead atoms. The van der Waals surface area contributed by atoms with Gasteiger partial charge in [0.25, 0.3) is 0 Å². The third-order valence-electron chi connectivity index (χ3n) is 3.44. The van der Waals surface area contributed by atoms with Gasteiger partial charge < -0.3 is 10.3 Å². The van der Waals surface area contributed by atoms with Crippen LogP contribution in [0, 0.1) is 0 Å². The molecule has 0 atom stereocenters. The second-order valence-electron chi connectivity index (χ2n) is 4.80. The van der Waals surface area contributed by atoms with Gasteiger partial charge in [0.05, 0.1) is 12.2 Å². The van der Waals surface area contributed by atoms with Crippen LogP contribution in [-0.2, 0) is 13.0 Å². The molecule has 0 unspecified atom stereocenters. The van der Waals surface area contributed by atoms with Crippen molar-refractivity contribution in [2.75, 3.05) is 6.54 Å². The van der Waals surface area contributed by atoms with E-state index in [2.05, 4.69) is 55.9 Å². The smallest absolute Gasteiger partial charge is 0.0648 e. The Kier molecular flexibility index (Phi) is 3.85. The van der Waals surface area contributed by atoms with Crippen LogP contribution in [0.25, 0.3) is 10.9 Å². The van der Waals surface area contributed by atoms with E-state index >= 15 is 0 Å². The zero-order chi connectivity index (χ0) is 13.9. The number of pyridine rings is 1. The van der Waals surface area contributed by atoms with E-state index < -0.39 is 0 Å². The third-order valence-corrected chi connectivity index (χ3v) is 3.91. The lowest BCUT2D eigenvalue weighted by molar-refractivity contribution is 0.806. The zero-order valence-corrected chi connectivity index (χ0v) is 12.7. The number of nitrogens with two attached hydrogens (primary N) is 1. The maximum absolute atomic E-state index is 5.67. The van der Waals surface area contributed by atoms with E-state index in [0.29, 0.717) is 6.54 Å². The Morgan fingerprint density at radius 2 is 2.05 bits per heavy atom. The normalized spacial score (nSPS) is 11.1. The molecule has 2 heterocycles. The molecule has 4 heteroatoms. The molecule has 0 aliphatic heterocycles. The van der Waals surface area contributed by atoms with Gasteiger partial charge in [0.1, 0.15) is 0 Å². The van der Waals surface area contributed by atoms with Crippen LogP contribution in [0.15, 0.2) is 53.3 Å². The second kappa shape index (κ2) is 5.77. The molecule has 2 aromatic heterocycles. The molecule has 0 radical (unpaired) electrons.